The quantitative estimate of drug-likeness (QED) is 0.609. The maximum absolute atomic E-state index is 10.7. The van der Waals surface area contributed by atoms with Gasteiger partial charge in [0.15, 0.2) is 0 Å². The van der Waals surface area contributed by atoms with Crippen LogP contribution in [0, 0.1) is 0 Å². The molecule has 8 heteroatoms. The summed E-state index contributed by atoms with van der Waals surface area (Å²) in [6, 6.07) is 5.14. The summed E-state index contributed by atoms with van der Waals surface area (Å²) in [5, 5.41) is 0.468. The van der Waals surface area contributed by atoms with Gasteiger partial charge in [-0.15, -0.1) is 0 Å². The van der Waals surface area contributed by atoms with Crippen molar-refractivity contribution in [2.75, 3.05) is 12.4 Å². The smallest absolute Gasteiger partial charge is 0.264 e. The van der Waals surface area contributed by atoms with Crippen molar-refractivity contribution in [1.82, 2.24) is 0 Å². The zero-order chi connectivity index (χ0) is 16.5. The Bertz CT molecular complexity index is 586. The van der Waals surface area contributed by atoms with E-state index >= 15 is 0 Å². The van der Waals surface area contributed by atoms with E-state index < -0.39 is 10.1 Å². The third-order valence-corrected chi connectivity index (χ3v) is 3.12. The molecule has 0 saturated carbocycles. The second-order valence-corrected chi connectivity index (χ2v) is 6.03. The Kier molecular flexibility index (Phi) is 8.68. The van der Waals surface area contributed by atoms with Gasteiger partial charge in [0.05, 0.1) is 17.2 Å². The zero-order valence-electron chi connectivity index (χ0n) is 11.6. The lowest BCUT2D eigenvalue weighted by molar-refractivity contribution is -0.117. The van der Waals surface area contributed by atoms with Gasteiger partial charge in [-0.1, -0.05) is 30.3 Å². The standard InChI is InChI=1S/C11H12ClNO2.C2H6O3S/c1-2-5-15-10-4-3-8(6-9(10)12)7-11(13)14;1-2-6(3,4)5/h2-4,6H,1,5,7H2,(H2,13,14);2H2,1H3,(H,3,4,5). The van der Waals surface area contributed by atoms with E-state index in [0.29, 0.717) is 17.4 Å². The minimum absolute atomic E-state index is 0.182. The maximum atomic E-state index is 10.7. The first-order valence-electron chi connectivity index (χ1n) is 5.95. The molecule has 0 radical (unpaired) electrons. The summed E-state index contributed by atoms with van der Waals surface area (Å²) in [7, 11) is -3.66. The van der Waals surface area contributed by atoms with Gasteiger partial charge in [-0.3, -0.25) is 9.35 Å². The van der Waals surface area contributed by atoms with Crippen LogP contribution >= 0.6 is 11.6 Å². The number of carbonyl (C=O) groups is 1. The minimum Gasteiger partial charge on any atom is -0.488 e. The van der Waals surface area contributed by atoms with Crippen LogP contribution in [-0.4, -0.2) is 31.2 Å². The third kappa shape index (κ3) is 9.89. The summed E-state index contributed by atoms with van der Waals surface area (Å²) in [5.74, 6) is -0.0110. The molecule has 21 heavy (non-hydrogen) atoms. The van der Waals surface area contributed by atoms with Crippen LogP contribution in [0.4, 0.5) is 0 Å². The zero-order valence-corrected chi connectivity index (χ0v) is 13.2. The van der Waals surface area contributed by atoms with Gasteiger partial charge in [0.2, 0.25) is 5.91 Å². The van der Waals surface area contributed by atoms with Crippen molar-refractivity contribution in [2.24, 2.45) is 5.73 Å². The van der Waals surface area contributed by atoms with Crippen LogP contribution in [0.1, 0.15) is 12.5 Å². The van der Waals surface area contributed by atoms with Crippen LogP contribution in [0.5, 0.6) is 5.75 Å². The summed E-state index contributed by atoms with van der Waals surface area (Å²) in [4.78, 5) is 10.7. The topological polar surface area (TPSA) is 107 Å². The predicted molar refractivity (Wildman–Crippen MR) is 82.1 cm³/mol. The number of hydrogen-bond donors (Lipinski definition) is 2. The summed E-state index contributed by atoms with van der Waals surface area (Å²) in [6.45, 7) is 5.30. The molecular formula is C13H18ClNO5S. The Morgan fingerprint density at radius 2 is 2.10 bits per heavy atom. The number of carbonyl (C=O) groups excluding carboxylic acids is 1. The van der Waals surface area contributed by atoms with Gasteiger partial charge in [0.25, 0.3) is 10.1 Å². The molecule has 0 saturated heterocycles. The highest BCUT2D eigenvalue weighted by molar-refractivity contribution is 7.85. The molecule has 1 aromatic carbocycles. The Morgan fingerprint density at radius 1 is 1.52 bits per heavy atom. The molecule has 118 valence electrons. The SMILES string of the molecule is C=CCOc1ccc(CC(N)=O)cc1Cl.CCS(=O)(=O)O. The first-order chi connectivity index (χ1) is 9.69. The number of rotatable bonds is 6. The van der Waals surface area contributed by atoms with Crippen molar-refractivity contribution in [2.45, 2.75) is 13.3 Å². The molecule has 6 nitrogen and oxygen atoms in total. The van der Waals surface area contributed by atoms with Crippen molar-refractivity contribution in [3.8, 4) is 5.75 Å². The normalized spacial score (nSPS) is 10.2. The van der Waals surface area contributed by atoms with Crippen LogP contribution in [0.3, 0.4) is 0 Å². The lowest BCUT2D eigenvalue weighted by atomic mass is 10.1. The molecule has 0 aliphatic carbocycles. The molecule has 0 bridgehead atoms. The second kappa shape index (κ2) is 9.38. The van der Waals surface area contributed by atoms with Gasteiger partial charge in [-0.05, 0) is 24.6 Å². The molecule has 0 spiro atoms. The average Bonchev–Trinajstić information content (AvgIpc) is 2.37. The van der Waals surface area contributed by atoms with Crippen molar-refractivity contribution >= 4 is 27.6 Å². The number of ether oxygens (including phenoxy) is 1. The largest absolute Gasteiger partial charge is 0.488 e. The number of amides is 1. The molecule has 1 aromatic rings. The van der Waals surface area contributed by atoms with Crippen molar-refractivity contribution in [3.63, 3.8) is 0 Å². The van der Waals surface area contributed by atoms with E-state index in [1.54, 1.807) is 24.3 Å². The van der Waals surface area contributed by atoms with Crippen LogP contribution < -0.4 is 10.5 Å². The van der Waals surface area contributed by atoms with E-state index in [1.807, 2.05) is 0 Å². The van der Waals surface area contributed by atoms with Gasteiger partial charge < -0.3 is 10.5 Å². The van der Waals surface area contributed by atoms with Crippen molar-refractivity contribution < 1.29 is 22.5 Å². The van der Waals surface area contributed by atoms with Gasteiger partial charge in [0, 0.05) is 0 Å². The lowest BCUT2D eigenvalue weighted by Crippen LogP contribution is -2.13. The number of benzene rings is 1. The van der Waals surface area contributed by atoms with E-state index in [1.165, 1.54) is 6.92 Å². The molecule has 0 aliphatic heterocycles. The lowest BCUT2D eigenvalue weighted by Gasteiger charge is -2.06. The van der Waals surface area contributed by atoms with Crippen molar-refractivity contribution in [3.05, 3.63) is 41.4 Å². The van der Waals surface area contributed by atoms with E-state index in [0.717, 1.165) is 5.56 Å². The second-order valence-electron chi connectivity index (χ2n) is 3.88. The highest BCUT2D eigenvalue weighted by Crippen LogP contribution is 2.25. The Balaban J connectivity index is 0.000000567. The minimum atomic E-state index is -3.66. The number of nitrogens with two attached hydrogens (primary N) is 1. The Morgan fingerprint density at radius 3 is 2.48 bits per heavy atom. The number of hydrogen-bond acceptors (Lipinski definition) is 4. The fraction of sp³-hybridized carbons (Fsp3) is 0.308. The summed E-state index contributed by atoms with van der Waals surface area (Å²) < 4.78 is 32.2. The molecule has 0 fully saturated rings. The van der Waals surface area contributed by atoms with Gasteiger partial charge in [-0.2, -0.15) is 8.42 Å². The first kappa shape index (κ1) is 19.4. The first-order valence-corrected chi connectivity index (χ1v) is 7.94. The Labute approximate surface area is 129 Å². The monoisotopic (exact) mass is 335 g/mol. The molecule has 0 unspecified atom stereocenters. The fourth-order valence-corrected chi connectivity index (χ4v) is 1.38. The summed E-state index contributed by atoms with van der Waals surface area (Å²) in [6.07, 6.45) is 1.81. The van der Waals surface area contributed by atoms with E-state index in [2.05, 4.69) is 6.58 Å². The van der Waals surface area contributed by atoms with Gasteiger partial charge >= 0.3 is 0 Å². The predicted octanol–water partition coefficient (Wildman–Crippen LogP) is 1.83. The summed E-state index contributed by atoms with van der Waals surface area (Å²) in [5.41, 5.74) is 5.84. The third-order valence-electron chi connectivity index (χ3n) is 2.10. The molecule has 1 rings (SSSR count). The summed E-state index contributed by atoms with van der Waals surface area (Å²) >= 11 is 5.94. The molecule has 0 atom stereocenters. The molecule has 0 aliphatic rings. The average molecular weight is 336 g/mol. The maximum Gasteiger partial charge on any atom is 0.264 e. The highest BCUT2D eigenvalue weighted by atomic mass is 35.5. The number of halogens is 1. The van der Waals surface area contributed by atoms with E-state index in [4.69, 9.17) is 26.6 Å². The van der Waals surface area contributed by atoms with E-state index in [9.17, 15) is 13.2 Å². The van der Waals surface area contributed by atoms with Crippen LogP contribution in [0.25, 0.3) is 0 Å². The molecule has 3 N–H and O–H groups in total. The number of primary amides is 1. The van der Waals surface area contributed by atoms with Crippen LogP contribution in [-0.2, 0) is 21.3 Å². The highest BCUT2D eigenvalue weighted by Gasteiger charge is 2.04. The fourth-order valence-electron chi connectivity index (χ4n) is 1.12. The molecule has 0 aromatic heterocycles. The van der Waals surface area contributed by atoms with Gasteiger partial charge in [0.1, 0.15) is 12.4 Å². The van der Waals surface area contributed by atoms with Crippen LogP contribution in [0.2, 0.25) is 5.02 Å². The van der Waals surface area contributed by atoms with Gasteiger partial charge in [-0.25, -0.2) is 0 Å². The Hall–Kier alpha value is -1.57. The molecule has 1 amide bonds. The van der Waals surface area contributed by atoms with Crippen LogP contribution in [0.15, 0.2) is 30.9 Å². The van der Waals surface area contributed by atoms with Crippen molar-refractivity contribution in [1.29, 1.82) is 0 Å². The molecular weight excluding hydrogens is 318 g/mol. The molecule has 0 heterocycles. The van der Waals surface area contributed by atoms with E-state index in [-0.39, 0.29) is 18.1 Å².